The molecule has 0 bridgehead atoms. The van der Waals surface area contributed by atoms with E-state index in [1.165, 1.54) is 26.5 Å². The van der Waals surface area contributed by atoms with Gasteiger partial charge in [-0.05, 0) is 19.4 Å². The second-order valence-electron chi connectivity index (χ2n) is 4.95. The summed E-state index contributed by atoms with van der Waals surface area (Å²) in [5, 5.41) is 15.4. The van der Waals surface area contributed by atoms with Crippen LogP contribution in [0.4, 0.5) is 0 Å². The van der Waals surface area contributed by atoms with Crippen molar-refractivity contribution < 1.29 is 5.11 Å². The molecule has 0 saturated heterocycles. The van der Waals surface area contributed by atoms with Crippen molar-refractivity contribution in [3.05, 3.63) is 60.9 Å². The molecule has 0 aliphatic rings. The average Bonchev–Trinajstić information content (AvgIpc) is 2.94. The lowest BCUT2D eigenvalue weighted by atomic mass is 10.1. The van der Waals surface area contributed by atoms with Gasteiger partial charge < -0.3 is 5.11 Å². The number of aliphatic hydroxyl groups is 1. The number of hydrogen-bond acceptors (Lipinski definition) is 6. The highest BCUT2D eigenvalue weighted by Crippen LogP contribution is 2.09. The van der Waals surface area contributed by atoms with Crippen molar-refractivity contribution in [1.82, 2.24) is 19.2 Å². The van der Waals surface area contributed by atoms with E-state index in [-0.39, 0.29) is 24.3 Å². The van der Waals surface area contributed by atoms with E-state index >= 15 is 0 Å². The standard InChI is InChI=1S/C14H14N4O3S/c1-8-9(2)16-18(13(21)11(8)7-19)6-10-5-12(20)17-3-4-22-14(17)15-10/h3-5,19H,6-7H2,1-2H3. The summed E-state index contributed by atoms with van der Waals surface area (Å²) in [6, 6.07) is 1.39. The third kappa shape index (κ3) is 2.36. The van der Waals surface area contributed by atoms with Crippen LogP contribution in [-0.2, 0) is 13.2 Å². The van der Waals surface area contributed by atoms with Crippen LogP contribution in [0.5, 0.6) is 0 Å². The van der Waals surface area contributed by atoms with E-state index in [4.69, 9.17) is 0 Å². The molecule has 0 aliphatic carbocycles. The predicted molar refractivity (Wildman–Crippen MR) is 82.3 cm³/mol. The molecule has 0 unspecified atom stereocenters. The molecule has 7 nitrogen and oxygen atoms in total. The number of rotatable bonds is 3. The molecule has 3 heterocycles. The molecule has 0 amide bonds. The molecule has 114 valence electrons. The molecule has 8 heteroatoms. The number of nitrogens with zero attached hydrogens (tertiary/aromatic N) is 4. The Morgan fingerprint density at radius 1 is 1.32 bits per heavy atom. The number of aryl methyl sites for hydroxylation is 1. The van der Waals surface area contributed by atoms with Gasteiger partial charge in [-0.15, -0.1) is 11.3 Å². The van der Waals surface area contributed by atoms with E-state index in [2.05, 4.69) is 10.1 Å². The maximum Gasteiger partial charge on any atom is 0.272 e. The fraction of sp³-hybridized carbons (Fsp3) is 0.286. The van der Waals surface area contributed by atoms with E-state index < -0.39 is 0 Å². The van der Waals surface area contributed by atoms with Crippen LogP contribution < -0.4 is 11.1 Å². The SMILES string of the molecule is Cc1nn(Cc2cc(=O)n3ccsc3n2)c(=O)c(CO)c1C. The minimum absolute atomic E-state index is 0.0938. The highest BCUT2D eigenvalue weighted by Gasteiger charge is 2.12. The number of aliphatic hydroxyl groups excluding tert-OH is 1. The molecule has 0 radical (unpaired) electrons. The molecule has 0 fully saturated rings. The van der Waals surface area contributed by atoms with Crippen molar-refractivity contribution in [2.45, 2.75) is 27.0 Å². The van der Waals surface area contributed by atoms with E-state index in [9.17, 15) is 14.7 Å². The summed E-state index contributed by atoms with van der Waals surface area (Å²) in [6.07, 6.45) is 1.66. The molecule has 0 aliphatic heterocycles. The van der Waals surface area contributed by atoms with Gasteiger partial charge in [0.2, 0.25) is 0 Å². The Bertz CT molecular complexity index is 970. The molecule has 0 saturated carbocycles. The fourth-order valence-electron chi connectivity index (χ4n) is 2.25. The van der Waals surface area contributed by atoms with Gasteiger partial charge >= 0.3 is 0 Å². The Hall–Kier alpha value is -2.32. The average molecular weight is 318 g/mol. The van der Waals surface area contributed by atoms with Gasteiger partial charge in [-0.1, -0.05) is 0 Å². The minimum atomic E-state index is -0.362. The fourth-order valence-corrected chi connectivity index (χ4v) is 2.99. The Labute approximate surface area is 129 Å². The summed E-state index contributed by atoms with van der Waals surface area (Å²) in [6.45, 7) is 3.28. The van der Waals surface area contributed by atoms with E-state index in [1.807, 2.05) is 0 Å². The maximum atomic E-state index is 12.3. The topological polar surface area (TPSA) is 89.5 Å². The lowest BCUT2D eigenvalue weighted by Crippen LogP contribution is -2.30. The van der Waals surface area contributed by atoms with Crippen molar-refractivity contribution >= 4 is 16.3 Å². The number of fused-ring (bicyclic) bond motifs is 1. The highest BCUT2D eigenvalue weighted by molar-refractivity contribution is 7.15. The zero-order chi connectivity index (χ0) is 15.9. The monoisotopic (exact) mass is 318 g/mol. The zero-order valence-electron chi connectivity index (χ0n) is 12.1. The summed E-state index contributed by atoms with van der Waals surface area (Å²) in [5.41, 5.74) is 1.58. The Balaban J connectivity index is 2.10. The van der Waals surface area contributed by atoms with Crippen LogP contribution in [0.3, 0.4) is 0 Å². The molecule has 22 heavy (non-hydrogen) atoms. The van der Waals surface area contributed by atoms with Gasteiger partial charge in [0.05, 0.1) is 24.5 Å². The van der Waals surface area contributed by atoms with E-state index in [1.54, 1.807) is 25.4 Å². The van der Waals surface area contributed by atoms with Crippen molar-refractivity contribution in [3.63, 3.8) is 0 Å². The first kappa shape index (κ1) is 14.6. The van der Waals surface area contributed by atoms with Gasteiger partial charge in [-0.2, -0.15) is 5.10 Å². The number of aromatic nitrogens is 4. The molecule has 3 rings (SSSR count). The second-order valence-corrected chi connectivity index (χ2v) is 5.82. The van der Waals surface area contributed by atoms with Crippen molar-refractivity contribution in [2.75, 3.05) is 0 Å². The van der Waals surface area contributed by atoms with Crippen LogP contribution >= 0.6 is 11.3 Å². The number of hydrogen-bond donors (Lipinski definition) is 1. The first-order chi connectivity index (χ1) is 10.5. The molecular formula is C14H14N4O3S. The lowest BCUT2D eigenvalue weighted by molar-refractivity contribution is 0.277. The molecular weight excluding hydrogens is 304 g/mol. The Morgan fingerprint density at radius 3 is 2.82 bits per heavy atom. The summed E-state index contributed by atoms with van der Waals surface area (Å²) >= 11 is 1.35. The van der Waals surface area contributed by atoms with Gasteiger partial charge in [0.15, 0.2) is 4.96 Å². The van der Waals surface area contributed by atoms with Crippen LogP contribution in [0.2, 0.25) is 0 Å². The third-order valence-corrected chi connectivity index (χ3v) is 4.34. The predicted octanol–water partition coefficient (Wildman–Crippen LogP) is 0.470. The van der Waals surface area contributed by atoms with Crippen LogP contribution in [0.15, 0.2) is 27.2 Å². The van der Waals surface area contributed by atoms with Gasteiger partial charge in [0.1, 0.15) is 0 Å². The first-order valence-electron chi connectivity index (χ1n) is 6.65. The summed E-state index contributed by atoms with van der Waals surface area (Å²) in [7, 11) is 0. The van der Waals surface area contributed by atoms with Gasteiger partial charge in [-0.25, -0.2) is 9.67 Å². The normalized spacial score (nSPS) is 11.2. The van der Waals surface area contributed by atoms with Crippen LogP contribution in [0.25, 0.3) is 4.96 Å². The largest absolute Gasteiger partial charge is 0.391 e. The second kappa shape index (κ2) is 5.47. The number of thiazole rings is 1. The molecule has 0 aromatic carbocycles. The highest BCUT2D eigenvalue weighted by atomic mass is 32.1. The van der Waals surface area contributed by atoms with Crippen LogP contribution in [0.1, 0.15) is 22.5 Å². The van der Waals surface area contributed by atoms with Crippen molar-refractivity contribution in [1.29, 1.82) is 0 Å². The summed E-state index contributed by atoms with van der Waals surface area (Å²) < 4.78 is 2.68. The quantitative estimate of drug-likeness (QED) is 0.758. The van der Waals surface area contributed by atoms with Crippen LogP contribution in [0, 0.1) is 13.8 Å². The van der Waals surface area contributed by atoms with E-state index in [0.29, 0.717) is 27.5 Å². The van der Waals surface area contributed by atoms with Crippen molar-refractivity contribution in [3.8, 4) is 0 Å². The Kier molecular flexibility index (Phi) is 3.63. The minimum Gasteiger partial charge on any atom is -0.391 e. The van der Waals surface area contributed by atoms with Crippen molar-refractivity contribution in [2.24, 2.45) is 0 Å². The zero-order valence-corrected chi connectivity index (χ0v) is 12.9. The van der Waals surface area contributed by atoms with Gasteiger partial charge in [0.25, 0.3) is 11.1 Å². The maximum absolute atomic E-state index is 12.3. The third-order valence-electron chi connectivity index (χ3n) is 3.58. The lowest BCUT2D eigenvalue weighted by Gasteiger charge is -2.10. The van der Waals surface area contributed by atoms with Gasteiger partial charge in [-0.3, -0.25) is 14.0 Å². The van der Waals surface area contributed by atoms with E-state index in [0.717, 1.165) is 0 Å². The molecule has 0 spiro atoms. The first-order valence-corrected chi connectivity index (χ1v) is 7.53. The molecule has 0 atom stereocenters. The summed E-state index contributed by atoms with van der Waals surface area (Å²) in [5.74, 6) is 0. The summed E-state index contributed by atoms with van der Waals surface area (Å²) in [4.78, 5) is 29.2. The smallest absolute Gasteiger partial charge is 0.272 e. The van der Waals surface area contributed by atoms with Crippen LogP contribution in [-0.4, -0.2) is 24.3 Å². The molecule has 1 N–H and O–H groups in total. The molecule has 3 aromatic heterocycles. The Morgan fingerprint density at radius 2 is 2.09 bits per heavy atom. The van der Waals surface area contributed by atoms with Gasteiger partial charge in [0, 0.05) is 23.2 Å². The molecule has 3 aromatic rings.